The van der Waals surface area contributed by atoms with Crippen LogP contribution < -0.4 is 0 Å². The van der Waals surface area contributed by atoms with Crippen LogP contribution in [0, 0.1) is 107 Å². The Bertz CT molecular complexity index is 2060. The minimum atomic E-state index is -0.155. The molecule has 9 rings (SSSR count). The van der Waals surface area contributed by atoms with Crippen molar-refractivity contribution in [3.63, 3.8) is 0 Å². The largest absolute Gasteiger partial charge is 0.301 e. The number of hydrogen-bond donors (Lipinski definition) is 0. The van der Waals surface area contributed by atoms with Gasteiger partial charge in [-0.1, -0.05) is 361 Å². The van der Waals surface area contributed by atoms with Crippen LogP contribution in [0.15, 0.2) is 72.8 Å². The number of likely N-dealkylation sites (tertiary alicyclic amines) is 1. The molecule has 0 N–H and O–H groups in total. The topological polar surface area (TPSA) is 3.24 Å². The van der Waals surface area contributed by atoms with E-state index < -0.39 is 0 Å². The third-order valence-electron chi connectivity index (χ3n) is 20.0. The zero-order chi connectivity index (χ0) is 72.6. The number of benzene rings is 3. The molecule has 0 aromatic heterocycles. The maximum atomic E-state index is 12.4. The van der Waals surface area contributed by atoms with Crippen molar-refractivity contribution in [3.8, 4) is 0 Å². The van der Waals surface area contributed by atoms with E-state index in [1.54, 1.807) is 0 Å². The van der Waals surface area contributed by atoms with Gasteiger partial charge in [0.2, 0.25) is 0 Å². The molecule has 0 atom stereocenters. The molecule has 3 heteroatoms. The van der Waals surface area contributed by atoms with Crippen LogP contribution in [0.25, 0.3) is 0 Å². The van der Waals surface area contributed by atoms with E-state index in [0.29, 0.717) is 23.2 Å². The van der Waals surface area contributed by atoms with E-state index in [4.69, 9.17) is 11.6 Å². The molecule has 6 fully saturated rings. The van der Waals surface area contributed by atoms with Crippen LogP contribution in [0.4, 0.5) is 4.39 Å². The molecule has 1 aliphatic heterocycles. The van der Waals surface area contributed by atoms with Gasteiger partial charge in [-0.2, -0.15) is 0 Å². The molecule has 0 spiro atoms. The summed E-state index contributed by atoms with van der Waals surface area (Å²) in [7, 11) is 0. The van der Waals surface area contributed by atoms with E-state index >= 15 is 0 Å². The Kier molecular flexibility index (Phi) is 56.4. The standard InChI is InChI=1S/C11H15Cl.C10H13F.C9H18.C9H12.C9H20.2C8H16.C8H18.C7H15N.C7H14.C6H12/c1-8(2)6-10-5-4-9(3)11(12)7-10;1-8(2)7-9-3-5-10(11)6-4-9;2*1-8(2)9-6-4-3-5-7-9;1-8(2)6-7-9(3,4)5;1-7(2)3-4-8-5-6-8;1-7(2)8-5-3-4-6-8;1-7(2)5-6-8(3)4;1-7(2)8-5-3-4-6-8;1-6(2)7-4-3-5-7;1-5(2)6-3-4-6/h4-5,7-8H,6H2,1-3H3;3-6,8H,7H2,1-2H3;8-9H,3-7H2,1-2H3;3-8H,1-2H3;8H,6-7H2,1-5H3;2*7-8H,3-6H2,1-2H3;7-8H,5-6H2,1-4H3;7H,3-6H2,1-2H3;6-7H,3-5H2,1-2H3;5-6H,3-4H2,1-2H3. The van der Waals surface area contributed by atoms with Crippen LogP contribution in [0.1, 0.15) is 369 Å². The molecule has 0 radical (unpaired) electrons. The molecule has 0 amide bonds. The summed E-state index contributed by atoms with van der Waals surface area (Å²) in [4.78, 5) is 2.53. The molecule has 1 heterocycles. The zero-order valence-electron chi connectivity index (χ0n) is 69.2. The zero-order valence-corrected chi connectivity index (χ0v) is 70.0. The molecule has 0 unspecified atom stereocenters. The molecule has 95 heavy (non-hydrogen) atoms. The van der Waals surface area contributed by atoms with Crippen molar-refractivity contribution in [2.45, 2.75) is 373 Å². The minimum Gasteiger partial charge on any atom is -0.301 e. The highest BCUT2D eigenvalue weighted by Gasteiger charge is 2.24. The molecule has 0 bridgehead atoms. The molecule has 1 nitrogen and oxygen atoms in total. The summed E-state index contributed by atoms with van der Waals surface area (Å²) < 4.78 is 12.4. The predicted molar refractivity (Wildman–Crippen MR) is 433 cm³/mol. The molecule has 6 aliphatic rings. The average Bonchev–Trinajstić information content (AvgIpc) is 2.12. The van der Waals surface area contributed by atoms with Crippen molar-refractivity contribution in [2.24, 2.45) is 94.2 Å². The summed E-state index contributed by atoms with van der Waals surface area (Å²) in [6.07, 6.45) is 37.4. The number of halogens is 2. The summed E-state index contributed by atoms with van der Waals surface area (Å²) in [6, 6.07) is 24.3. The van der Waals surface area contributed by atoms with Crippen molar-refractivity contribution >= 4 is 11.6 Å². The Morgan fingerprint density at radius 2 is 0.789 bits per heavy atom. The molecule has 556 valence electrons. The molecular formula is C92H169ClFN. The van der Waals surface area contributed by atoms with Gasteiger partial charge in [-0.15, -0.1) is 0 Å². The summed E-state index contributed by atoms with van der Waals surface area (Å²) in [5.74, 6) is 14.6. The molecule has 5 aliphatic carbocycles. The fourth-order valence-corrected chi connectivity index (χ4v) is 12.3. The SMILES string of the molecule is CC(C)C1CC1.CC(C)C1CCC1.CC(C)C1CCCC1.CC(C)C1CCCCC1.CC(C)CCC(C)(C)C.CC(C)CCC(C)C.CC(C)CCC1CC1.CC(C)Cc1ccc(F)cc1.CC(C)N1CCCC1.CC(C)c1ccccc1.Cc1ccc(CC(C)C)cc1Cl. The highest BCUT2D eigenvalue weighted by Crippen LogP contribution is 2.37. The first-order valence-corrected chi connectivity index (χ1v) is 41.1. The quantitative estimate of drug-likeness (QED) is 0.123. The van der Waals surface area contributed by atoms with E-state index in [1.165, 1.54) is 196 Å². The second-order valence-electron chi connectivity index (χ2n) is 36.0. The first-order chi connectivity index (χ1) is 44.4. The Labute approximate surface area is 603 Å². The van der Waals surface area contributed by atoms with Gasteiger partial charge in [0.15, 0.2) is 0 Å². The van der Waals surface area contributed by atoms with Gasteiger partial charge in [0, 0.05) is 11.1 Å². The Morgan fingerprint density at radius 1 is 0.411 bits per heavy atom. The van der Waals surface area contributed by atoms with Crippen molar-refractivity contribution in [2.75, 3.05) is 13.1 Å². The Balaban J connectivity index is 0. The van der Waals surface area contributed by atoms with E-state index in [9.17, 15) is 4.39 Å². The monoisotopic (exact) mass is 1340 g/mol. The van der Waals surface area contributed by atoms with E-state index in [1.807, 2.05) is 25.1 Å². The van der Waals surface area contributed by atoms with E-state index in [2.05, 4.69) is 234 Å². The van der Waals surface area contributed by atoms with Gasteiger partial charge in [0.05, 0.1) is 0 Å². The fraction of sp³-hybridized carbons (Fsp3) is 0.804. The van der Waals surface area contributed by atoms with E-state index in [0.717, 1.165) is 106 Å². The highest BCUT2D eigenvalue weighted by molar-refractivity contribution is 6.31. The number of hydrogen-bond acceptors (Lipinski definition) is 1. The lowest BCUT2D eigenvalue weighted by Gasteiger charge is -2.28. The fourth-order valence-electron chi connectivity index (χ4n) is 12.1. The van der Waals surface area contributed by atoms with Gasteiger partial charge in [-0.3, -0.25) is 0 Å². The van der Waals surface area contributed by atoms with Gasteiger partial charge >= 0.3 is 0 Å². The Morgan fingerprint density at radius 3 is 1.05 bits per heavy atom. The maximum Gasteiger partial charge on any atom is 0.123 e. The lowest BCUT2D eigenvalue weighted by molar-refractivity contribution is 0.235. The van der Waals surface area contributed by atoms with Gasteiger partial charge < -0.3 is 4.90 Å². The third-order valence-corrected chi connectivity index (χ3v) is 20.4. The first-order valence-electron chi connectivity index (χ1n) is 40.7. The number of aryl methyl sites for hydroxylation is 1. The van der Waals surface area contributed by atoms with Crippen molar-refractivity contribution < 1.29 is 4.39 Å². The van der Waals surface area contributed by atoms with Gasteiger partial charge in [0.25, 0.3) is 0 Å². The predicted octanol–water partition coefficient (Wildman–Crippen LogP) is 31.1. The second kappa shape index (κ2) is 56.5. The summed E-state index contributed by atoms with van der Waals surface area (Å²) in [5.41, 5.74) is 5.65. The van der Waals surface area contributed by atoms with Gasteiger partial charge in [-0.25, -0.2) is 4.39 Å². The molecule has 3 aromatic rings. The van der Waals surface area contributed by atoms with Crippen LogP contribution in [-0.2, 0) is 12.8 Å². The summed E-state index contributed by atoms with van der Waals surface area (Å²) >= 11 is 6.00. The lowest BCUT2D eigenvalue weighted by Crippen LogP contribution is -2.26. The first kappa shape index (κ1) is 94.9. The molecular weight excluding hydrogens is 1170 g/mol. The van der Waals surface area contributed by atoms with Crippen LogP contribution in [0.2, 0.25) is 5.02 Å². The Hall–Kier alpha value is -2.16. The van der Waals surface area contributed by atoms with Crippen LogP contribution in [0.3, 0.4) is 0 Å². The second-order valence-corrected chi connectivity index (χ2v) is 36.4. The molecule has 1 saturated heterocycles. The normalized spacial score (nSPS) is 16.5. The van der Waals surface area contributed by atoms with Gasteiger partial charge in [-0.05, 0) is 219 Å². The molecule has 5 saturated carbocycles. The lowest BCUT2D eigenvalue weighted by atomic mass is 9.78. The van der Waals surface area contributed by atoms with Gasteiger partial charge in [0.1, 0.15) is 5.82 Å². The number of rotatable bonds is 18. The van der Waals surface area contributed by atoms with Crippen LogP contribution in [-0.4, -0.2) is 24.0 Å². The summed E-state index contributed by atoms with van der Waals surface area (Å²) in [5, 5.41) is 0.883. The van der Waals surface area contributed by atoms with Crippen LogP contribution in [0.5, 0.6) is 0 Å². The molecule has 3 aromatic carbocycles. The van der Waals surface area contributed by atoms with Crippen molar-refractivity contribution in [1.82, 2.24) is 4.90 Å². The van der Waals surface area contributed by atoms with Crippen molar-refractivity contribution in [3.05, 3.63) is 106 Å². The van der Waals surface area contributed by atoms with E-state index in [-0.39, 0.29) is 5.82 Å². The smallest absolute Gasteiger partial charge is 0.123 e. The number of nitrogens with zero attached hydrogens (tertiary/aromatic N) is 1. The third kappa shape index (κ3) is 60.3. The van der Waals surface area contributed by atoms with Crippen molar-refractivity contribution in [1.29, 1.82) is 0 Å². The highest BCUT2D eigenvalue weighted by atomic mass is 35.5. The average molecular weight is 1340 g/mol. The summed E-state index contributed by atoms with van der Waals surface area (Å²) in [6.45, 7) is 66.2. The van der Waals surface area contributed by atoms with Crippen LogP contribution >= 0.6 is 11.6 Å². The minimum absolute atomic E-state index is 0.155. The maximum absolute atomic E-state index is 12.4.